The molecule has 0 aliphatic heterocycles. The SMILES string of the molecule is C=Cc1ccc(S(=O)(=O)c2c(F)c(F)c([SH](=O)=O)c(F)c2F)cc1. The van der Waals surface area contributed by atoms with E-state index in [4.69, 9.17) is 0 Å². The van der Waals surface area contributed by atoms with E-state index in [2.05, 4.69) is 6.58 Å². The highest BCUT2D eigenvalue weighted by atomic mass is 32.2. The molecule has 2 aromatic rings. The van der Waals surface area contributed by atoms with Crippen LogP contribution in [-0.2, 0) is 20.5 Å². The Balaban J connectivity index is 2.82. The van der Waals surface area contributed by atoms with E-state index in [1.165, 1.54) is 18.2 Å². The maximum absolute atomic E-state index is 13.9. The lowest BCUT2D eigenvalue weighted by molar-refractivity contribution is 0.392. The molecule has 0 aromatic heterocycles. The predicted molar refractivity (Wildman–Crippen MR) is 76.8 cm³/mol. The van der Waals surface area contributed by atoms with Crippen LogP contribution in [0.25, 0.3) is 6.08 Å². The fourth-order valence-electron chi connectivity index (χ4n) is 1.90. The van der Waals surface area contributed by atoms with Crippen LogP contribution in [0.2, 0.25) is 0 Å². The number of sulfone groups is 1. The summed E-state index contributed by atoms with van der Waals surface area (Å²) in [6.07, 6.45) is 1.37. The maximum Gasteiger partial charge on any atom is 0.212 e. The van der Waals surface area contributed by atoms with Crippen molar-refractivity contribution in [2.24, 2.45) is 0 Å². The van der Waals surface area contributed by atoms with E-state index in [0.717, 1.165) is 12.1 Å². The quantitative estimate of drug-likeness (QED) is 0.503. The topological polar surface area (TPSA) is 68.3 Å². The van der Waals surface area contributed by atoms with Crippen LogP contribution in [0.3, 0.4) is 0 Å². The average Bonchev–Trinajstić information content (AvgIpc) is 2.53. The van der Waals surface area contributed by atoms with Gasteiger partial charge in [-0.3, -0.25) is 0 Å². The number of halogens is 4. The fraction of sp³-hybridized carbons (Fsp3) is 0. The second-order valence-corrected chi connectivity index (χ2v) is 7.32. The highest BCUT2D eigenvalue weighted by molar-refractivity contribution is 7.91. The first-order chi connectivity index (χ1) is 11.1. The van der Waals surface area contributed by atoms with Crippen LogP contribution in [0.4, 0.5) is 17.6 Å². The molecule has 0 unspecified atom stereocenters. The minimum atomic E-state index is -4.97. The highest BCUT2D eigenvalue weighted by Crippen LogP contribution is 2.32. The second kappa shape index (κ2) is 6.36. The molecule has 0 aliphatic carbocycles. The molecule has 128 valence electrons. The third-order valence-electron chi connectivity index (χ3n) is 3.08. The average molecular weight is 380 g/mol. The number of thiol groups is 1. The molecule has 4 nitrogen and oxygen atoms in total. The van der Waals surface area contributed by atoms with Gasteiger partial charge >= 0.3 is 0 Å². The number of rotatable bonds is 4. The molecule has 2 rings (SSSR count). The van der Waals surface area contributed by atoms with Crippen LogP contribution < -0.4 is 0 Å². The molecule has 0 heterocycles. The zero-order chi connectivity index (χ0) is 18.2. The molecular formula is C14H8F4O4S2. The van der Waals surface area contributed by atoms with Gasteiger partial charge in [-0.1, -0.05) is 24.8 Å². The lowest BCUT2D eigenvalue weighted by atomic mass is 10.2. The van der Waals surface area contributed by atoms with E-state index >= 15 is 0 Å². The first-order valence-corrected chi connectivity index (χ1v) is 8.77. The molecule has 0 saturated heterocycles. The Labute approximate surface area is 135 Å². The van der Waals surface area contributed by atoms with Gasteiger partial charge in [0.25, 0.3) is 0 Å². The minimum Gasteiger partial charge on any atom is -0.227 e. The Bertz CT molecular complexity index is 973. The molecule has 0 aliphatic rings. The highest BCUT2D eigenvalue weighted by Gasteiger charge is 2.35. The molecule has 0 atom stereocenters. The predicted octanol–water partition coefficient (Wildman–Crippen LogP) is 2.69. The van der Waals surface area contributed by atoms with Gasteiger partial charge in [0.2, 0.25) is 9.84 Å². The van der Waals surface area contributed by atoms with Gasteiger partial charge in [-0.2, -0.15) is 0 Å². The molecule has 0 N–H and O–H groups in total. The number of benzene rings is 2. The van der Waals surface area contributed by atoms with Gasteiger partial charge in [-0.15, -0.1) is 0 Å². The third kappa shape index (κ3) is 2.82. The summed E-state index contributed by atoms with van der Waals surface area (Å²) < 4.78 is 101. The summed E-state index contributed by atoms with van der Waals surface area (Å²) in [5, 5.41) is 0. The van der Waals surface area contributed by atoms with Gasteiger partial charge in [0.15, 0.2) is 34.0 Å². The van der Waals surface area contributed by atoms with Crippen molar-refractivity contribution >= 4 is 26.6 Å². The van der Waals surface area contributed by atoms with Crippen molar-refractivity contribution in [3.8, 4) is 0 Å². The van der Waals surface area contributed by atoms with Gasteiger partial charge in [0.05, 0.1) is 4.90 Å². The smallest absolute Gasteiger partial charge is 0.212 e. The summed E-state index contributed by atoms with van der Waals surface area (Å²) in [6.45, 7) is 3.43. The number of hydrogen-bond acceptors (Lipinski definition) is 4. The van der Waals surface area contributed by atoms with E-state index in [1.807, 2.05) is 0 Å². The fourth-order valence-corrected chi connectivity index (χ4v) is 3.80. The minimum absolute atomic E-state index is 0.492. The van der Waals surface area contributed by atoms with E-state index in [0.29, 0.717) is 5.56 Å². The van der Waals surface area contributed by atoms with Crippen molar-refractivity contribution in [1.29, 1.82) is 0 Å². The summed E-state index contributed by atoms with van der Waals surface area (Å²) >= 11 is 0. The Morgan fingerprint density at radius 1 is 0.875 bits per heavy atom. The van der Waals surface area contributed by atoms with Gasteiger partial charge in [-0.25, -0.2) is 34.4 Å². The van der Waals surface area contributed by atoms with Crippen LogP contribution in [0.15, 0.2) is 45.5 Å². The number of hydrogen-bond donors (Lipinski definition) is 1. The molecule has 0 amide bonds. The van der Waals surface area contributed by atoms with Gasteiger partial charge in [0, 0.05) is 0 Å². The largest absolute Gasteiger partial charge is 0.227 e. The van der Waals surface area contributed by atoms with Gasteiger partial charge in [0.1, 0.15) is 9.79 Å². The van der Waals surface area contributed by atoms with Crippen molar-refractivity contribution < 1.29 is 34.4 Å². The summed E-state index contributed by atoms with van der Waals surface area (Å²) in [6, 6.07) is 4.43. The van der Waals surface area contributed by atoms with Crippen molar-refractivity contribution in [3.63, 3.8) is 0 Å². The van der Waals surface area contributed by atoms with E-state index in [-0.39, 0.29) is 0 Å². The Morgan fingerprint density at radius 2 is 1.33 bits per heavy atom. The zero-order valence-corrected chi connectivity index (χ0v) is 13.3. The molecule has 0 fully saturated rings. The first-order valence-electron chi connectivity index (χ1n) is 6.10. The van der Waals surface area contributed by atoms with Crippen LogP contribution in [0.1, 0.15) is 5.56 Å². The third-order valence-corrected chi connectivity index (χ3v) is 5.62. The van der Waals surface area contributed by atoms with Crippen LogP contribution >= 0.6 is 0 Å². The van der Waals surface area contributed by atoms with E-state index in [9.17, 15) is 34.4 Å². The van der Waals surface area contributed by atoms with Crippen LogP contribution in [0.5, 0.6) is 0 Å². The monoisotopic (exact) mass is 380 g/mol. The molecular weight excluding hydrogens is 372 g/mol. The van der Waals surface area contributed by atoms with Gasteiger partial charge < -0.3 is 0 Å². The summed E-state index contributed by atoms with van der Waals surface area (Å²) in [5.74, 6) is -9.22. The van der Waals surface area contributed by atoms with E-state index in [1.54, 1.807) is 0 Å². The lowest BCUT2D eigenvalue weighted by Crippen LogP contribution is -2.13. The van der Waals surface area contributed by atoms with Crippen molar-refractivity contribution in [1.82, 2.24) is 0 Å². The molecule has 0 radical (unpaired) electrons. The summed E-state index contributed by atoms with van der Waals surface area (Å²) in [5.41, 5.74) is 0.492. The molecule has 10 heteroatoms. The Kier molecular flexibility index (Phi) is 4.81. The van der Waals surface area contributed by atoms with Crippen molar-refractivity contribution in [2.75, 3.05) is 0 Å². The van der Waals surface area contributed by atoms with Crippen LogP contribution in [0, 0.1) is 23.3 Å². The molecule has 24 heavy (non-hydrogen) atoms. The zero-order valence-electron chi connectivity index (χ0n) is 11.6. The standard InChI is InChI=1S/C14H8F4O4S2/c1-2-7-3-5-8(6-4-7)24(21,22)14-11(17)9(15)13(23(19)20)10(16)12(14)18/h2-6,23H,1H2. The van der Waals surface area contributed by atoms with Crippen LogP contribution in [-0.4, -0.2) is 16.8 Å². The lowest BCUT2D eigenvalue weighted by Gasteiger charge is -2.10. The summed E-state index contributed by atoms with van der Waals surface area (Å²) in [7, 11) is -8.99. The normalized spacial score (nSPS) is 11.7. The first kappa shape index (κ1) is 18.1. The Hall–Kier alpha value is -2.20. The molecule has 2 aromatic carbocycles. The molecule has 0 spiro atoms. The van der Waals surface area contributed by atoms with Crippen molar-refractivity contribution in [2.45, 2.75) is 14.7 Å². The summed E-state index contributed by atoms with van der Waals surface area (Å²) in [4.78, 5) is -4.41. The van der Waals surface area contributed by atoms with Gasteiger partial charge in [-0.05, 0) is 17.7 Å². The molecule has 0 bridgehead atoms. The van der Waals surface area contributed by atoms with E-state index < -0.39 is 58.5 Å². The van der Waals surface area contributed by atoms with Crippen molar-refractivity contribution in [3.05, 3.63) is 59.7 Å². The Morgan fingerprint density at radius 3 is 1.71 bits per heavy atom. The molecule has 0 saturated carbocycles. The second-order valence-electron chi connectivity index (χ2n) is 4.47. The maximum atomic E-state index is 13.9.